The number of hydrogen-bond donors (Lipinski definition) is 0. The van der Waals surface area contributed by atoms with E-state index in [0.717, 1.165) is 5.56 Å². The summed E-state index contributed by atoms with van der Waals surface area (Å²) in [6, 6.07) is 6.83. The lowest BCUT2D eigenvalue weighted by Crippen LogP contribution is -1.90. The predicted octanol–water partition coefficient (Wildman–Crippen LogP) is 5.14. The molecule has 0 aliphatic rings. The van der Waals surface area contributed by atoms with Crippen LogP contribution in [0.1, 0.15) is 5.56 Å². The maximum Gasteiger partial charge on any atom is 0.147 e. The SMILES string of the molecule is Cc1cnc(Cl)cc1Oc1cccc(Cl)c1Cl. The third-order valence-corrected chi connectivity index (χ3v) is 3.16. The number of hydrogen-bond acceptors (Lipinski definition) is 2. The number of ether oxygens (including phenoxy) is 1. The number of halogens is 3. The van der Waals surface area contributed by atoms with Crippen molar-refractivity contribution in [2.24, 2.45) is 0 Å². The normalized spacial score (nSPS) is 10.4. The summed E-state index contributed by atoms with van der Waals surface area (Å²) >= 11 is 17.7. The second kappa shape index (κ2) is 5.13. The molecule has 1 aromatic carbocycles. The number of nitrogens with zero attached hydrogens (tertiary/aromatic N) is 1. The summed E-state index contributed by atoms with van der Waals surface area (Å²) in [5, 5.41) is 1.19. The Hall–Kier alpha value is -0.960. The molecule has 1 aromatic heterocycles. The van der Waals surface area contributed by atoms with Crippen LogP contribution in [0.5, 0.6) is 11.5 Å². The van der Waals surface area contributed by atoms with E-state index in [1.165, 1.54) is 0 Å². The number of pyridine rings is 1. The zero-order chi connectivity index (χ0) is 12.4. The van der Waals surface area contributed by atoms with E-state index in [1.807, 2.05) is 6.92 Å². The standard InChI is InChI=1S/C12H8Cl3NO/c1-7-6-16-11(14)5-10(7)17-9-4-2-3-8(13)12(9)15/h2-6H,1H3. The van der Waals surface area contributed by atoms with E-state index in [1.54, 1.807) is 30.5 Å². The van der Waals surface area contributed by atoms with E-state index < -0.39 is 0 Å². The Morgan fingerprint density at radius 1 is 1.12 bits per heavy atom. The Morgan fingerprint density at radius 2 is 1.88 bits per heavy atom. The molecule has 0 saturated heterocycles. The predicted molar refractivity (Wildman–Crippen MR) is 70.5 cm³/mol. The smallest absolute Gasteiger partial charge is 0.147 e. The van der Waals surface area contributed by atoms with Gasteiger partial charge in [-0.2, -0.15) is 0 Å². The second-order valence-corrected chi connectivity index (χ2v) is 4.60. The Balaban J connectivity index is 2.38. The highest BCUT2D eigenvalue weighted by atomic mass is 35.5. The summed E-state index contributed by atoms with van der Waals surface area (Å²) in [5.41, 5.74) is 0.866. The molecular weight excluding hydrogens is 280 g/mol. The van der Waals surface area contributed by atoms with Crippen LogP contribution in [0.3, 0.4) is 0 Å². The van der Waals surface area contributed by atoms with Gasteiger partial charge in [0, 0.05) is 17.8 Å². The quantitative estimate of drug-likeness (QED) is 0.714. The van der Waals surface area contributed by atoms with Crippen LogP contribution >= 0.6 is 34.8 Å². The van der Waals surface area contributed by atoms with E-state index in [0.29, 0.717) is 26.7 Å². The van der Waals surface area contributed by atoms with Gasteiger partial charge >= 0.3 is 0 Å². The van der Waals surface area contributed by atoms with Crippen LogP contribution in [0, 0.1) is 6.92 Å². The van der Waals surface area contributed by atoms with E-state index in [2.05, 4.69) is 4.98 Å². The van der Waals surface area contributed by atoms with Gasteiger partial charge < -0.3 is 4.74 Å². The number of benzene rings is 1. The molecule has 17 heavy (non-hydrogen) atoms. The summed E-state index contributed by atoms with van der Waals surface area (Å²) in [6.45, 7) is 1.87. The molecule has 1 heterocycles. The highest BCUT2D eigenvalue weighted by Crippen LogP contribution is 2.35. The highest BCUT2D eigenvalue weighted by Gasteiger charge is 2.09. The molecule has 0 saturated carbocycles. The van der Waals surface area contributed by atoms with Gasteiger partial charge in [0.05, 0.1) is 5.02 Å². The number of rotatable bonds is 2. The zero-order valence-electron chi connectivity index (χ0n) is 8.88. The van der Waals surface area contributed by atoms with E-state index in [-0.39, 0.29) is 0 Å². The molecule has 5 heteroatoms. The van der Waals surface area contributed by atoms with Crippen molar-refractivity contribution in [3.8, 4) is 11.5 Å². The van der Waals surface area contributed by atoms with Crippen molar-refractivity contribution in [3.05, 3.63) is 51.2 Å². The van der Waals surface area contributed by atoms with Gasteiger partial charge in [-0.25, -0.2) is 4.98 Å². The summed E-state index contributed by atoms with van der Waals surface area (Å²) in [7, 11) is 0. The fourth-order valence-electron chi connectivity index (χ4n) is 1.27. The van der Waals surface area contributed by atoms with Gasteiger partial charge in [-0.15, -0.1) is 0 Å². The fraction of sp³-hybridized carbons (Fsp3) is 0.0833. The van der Waals surface area contributed by atoms with Crippen molar-refractivity contribution in [1.29, 1.82) is 0 Å². The maximum absolute atomic E-state index is 6.03. The molecule has 0 atom stereocenters. The number of aromatic nitrogens is 1. The minimum absolute atomic E-state index is 0.365. The summed E-state index contributed by atoms with van der Waals surface area (Å²) < 4.78 is 5.66. The van der Waals surface area contributed by atoms with E-state index in [9.17, 15) is 0 Å². The second-order valence-electron chi connectivity index (χ2n) is 3.43. The summed E-state index contributed by atoms with van der Waals surface area (Å²) in [5.74, 6) is 1.10. The van der Waals surface area contributed by atoms with Crippen molar-refractivity contribution in [2.75, 3.05) is 0 Å². The third-order valence-electron chi connectivity index (χ3n) is 2.16. The molecule has 0 bridgehead atoms. The summed E-state index contributed by atoms with van der Waals surface area (Å²) in [4.78, 5) is 3.95. The van der Waals surface area contributed by atoms with Gasteiger partial charge in [0.1, 0.15) is 21.7 Å². The minimum atomic E-state index is 0.365. The van der Waals surface area contributed by atoms with Gasteiger partial charge in [0.2, 0.25) is 0 Å². The van der Waals surface area contributed by atoms with Gasteiger partial charge in [-0.1, -0.05) is 40.9 Å². The Bertz CT molecular complexity index is 557. The van der Waals surface area contributed by atoms with Crippen molar-refractivity contribution >= 4 is 34.8 Å². The monoisotopic (exact) mass is 287 g/mol. The molecule has 0 unspecified atom stereocenters. The van der Waals surface area contributed by atoms with Gasteiger partial charge in [-0.3, -0.25) is 0 Å². The van der Waals surface area contributed by atoms with E-state index >= 15 is 0 Å². The molecule has 0 N–H and O–H groups in total. The average Bonchev–Trinajstić information content (AvgIpc) is 2.30. The van der Waals surface area contributed by atoms with Crippen LogP contribution in [-0.2, 0) is 0 Å². The van der Waals surface area contributed by atoms with Crippen LogP contribution in [0.4, 0.5) is 0 Å². The van der Waals surface area contributed by atoms with Gasteiger partial charge in [0.25, 0.3) is 0 Å². The van der Waals surface area contributed by atoms with Gasteiger partial charge in [0.15, 0.2) is 0 Å². The van der Waals surface area contributed by atoms with Crippen molar-refractivity contribution in [3.63, 3.8) is 0 Å². The largest absolute Gasteiger partial charge is 0.455 e. The first-order valence-corrected chi connectivity index (χ1v) is 5.95. The molecule has 0 amide bonds. The van der Waals surface area contributed by atoms with Crippen LogP contribution in [-0.4, -0.2) is 4.98 Å². The first-order chi connectivity index (χ1) is 8.08. The van der Waals surface area contributed by atoms with Crippen LogP contribution in [0.25, 0.3) is 0 Å². The van der Waals surface area contributed by atoms with Gasteiger partial charge in [-0.05, 0) is 19.1 Å². The molecule has 0 aliphatic carbocycles. The average molecular weight is 289 g/mol. The molecule has 2 rings (SSSR count). The lowest BCUT2D eigenvalue weighted by atomic mass is 10.3. The van der Waals surface area contributed by atoms with Crippen molar-refractivity contribution < 1.29 is 4.74 Å². The molecular formula is C12H8Cl3NO. The molecule has 88 valence electrons. The maximum atomic E-state index is 6.03. The molecule has 2 nitrogen and oxygen atoms in total. The molecule has 0 spiro atoms. The first-order valence-electron chi connectivity index (χ1n) is 4.82. The Kier molecular flexibility index (Phi) is 3.77. The van der Waals surface area contributed by atoms with Crippen molar-refractivity contribution in [2.45, 2.75) is 6.92 Å². The molecule has 2 aromatic rings. The molecule has 0 aliphatic heterocycles. The highest BCUT2D eigenvalue weighted by molar-refractivity contribution is 6.42. The van der Waals surface area contributed by atoms with Crippen LogP contribution in [0.15, 0.2) is 30.5 Å². The fourth-order valence-corrected chi connectivity index (χ4v) is 1.75. The third kappa shape index (κ3) is 2.83. The minimum Gasteiger partial charge on any atom is -0.455 e. The number of aryl methyl sites for hydroxylation is 1. The van der Waals surface area contributed by atoms with Crippen LogP contribution < -0.4 is 4.74 Å². The molecule has 0 fully saturated rings. The topological polar surface area (TPSA) is 22.1 Å². The zero-order valence-corrected chi connectivity index (χ0v) is 11.1. The molecule has 0 radical (unpaired) electrons. The van der Waals surface area contributed by atoms with Crippen LogP contribution in [0.2, 0.25) is 15.2 Å². The Labute approximate surface area is 114 Å². The van der Waals surface area contributed by atoms with Crippen molar-refractivity contribution in [1.82, 2.24) is 4.98 Å². The lowest BCUT2D eigenvalue weighted by molar-refractivity contribution is 0.478. The Morgan fingerprint density at radius 3 is 2.65 bits per heavy atom. The van der Waals surface area contributed by atoms with E-state index in [4.69, 9.17) is 39.5 Å². The lowest BCUT2D eigenvalue weighted by Gasteiger charge is -2.10. The first kappa shape index (κ1) is 12.5. The summed E-state index contributed by atoms with van der Waals surface area (Å²) in [6.07, 6.45) is 1.64.